The lowest BCUT2D eigenvalue weighted by molar-refractivity contribution is -0.155. The lowest BCUT2D eigenvalue weighted by Crippen LogP contribution is -2.37. The van der Waals surface area contributed by atoms with Crippen LogP contribution >= 0.6 is 25.3 Å². The fraction of sp³-hybridized carbons (Fsp3) is 0.857. The first-order valence-corrected chi connectivity index (χ1v) is 8.21. The Kier molecular flexibility index (Phi) is 10.2. The smallest absolute Gasteiger partial charge is 0.320 e. The van der Waals surface area contributed by atoms with Crippen LogP contribution in [-0.4, -0.2) is 34.6 Å². The highest BCUT2D eigenvalue weighted by atomic mass is 32.1. The second kappa shape index (κ2) is 10.4. The maximum absolute atomic E-state index is 11.9. The third-order valence-corrected chi connectivity index (χ3v) is 4.42. The molecule has 0 aromatic carbocycles. The summed E-state index contributed by atoms with van der Waals surface area (Å²) in [6, 6.07) is 0. The van der Waals surface area contributed by atoms with Gasteiger partial charge in [-0.05, 0) is 25.7 Å². The predicted octanol–water partition coefficient (Wildman–Crippen LogP) is 3.05. The maximum Gasteiger partial charge on any atom is 0.320 e. The molecule has 0 amide bonds. The average Bonchev–Trinajstić information content (AvgIpc) is 2.47. The molecule has 0 rings (SSSR count). The summed E-state index contributed by atoms with van der Waals surface area (Å²) >= 11 is 8.28. The number of rotatable bonds is 9. The quantitative estimate of drug-likeness (QED) is 0.506. The minimum Gasteiger partial charge on any atom is -0.462 e. The van der Waals surface area contributed by atoms with E-state index >= 15 is 0 Å². The van der Waals surface area contributed by atoms with E-state index in [0.717, 1.165) is 25.7 Å². The van der Waals surface area contributed by atoms with E-state index in [2.05, 4.69) is 25.3 Å². The molecule has 0 fully saturated rings. The number of ether oxygens (including phenoxy) is 2. The van der Waals surface area contributed by atoms with Crippen LogP contribution in [0.3, 0.4) is 0 Å². The topological polar surface area (TPSA) is 52.6 Å². The Bertz CT molecular complexity index is 272. The predicted molar refractivity (Wildman–Crippen MR) is 86.5 cm³/mol. The van der Waals surface area contributed by atoms with Gasteiger partial charge < -0.3 is 9.47 Å². The molecule has 0 aliphatic rings. The standard InChI is InChI=1S/C14H26O4S2/c1-5-9(6-2)17-13(15)11(19)12(20)14(16)18-10(7-3)8-4/h9-12,19-20H,5-8H2,1-4H3. The van der Waals surface area contributed by atoms with Gasteiger partial charge in [0.2, 0.25) is 0 Å². The minimum atomic E-state index is -0.916. The highest BCUT2D eigenvalue weighted by molar-refractivity contribution is 7.86. The van der Waals surface area contributed by atoms with Crippen molar-refractivity contribution in [2.24, 2.45) is 0 Å². The summed E-state index contributed by atoms with van der Waals surface area (Å²) in [6.07, 6.45) is 2.65. The van der Waals surface area contributed by atoms with Crippen molar-refractivity contribution in [1.29, 1.82) is 0 Å². The normalized spacial score (nSPS) is 14.2. The van der Waals surface area contributed by atoms with Crippen molar-refractivity contribution in [3.05, 3.63) is 0 Å². The molecule has 6 heteroatoms. The molecule has 0 spiro atoms. The van der Waals surface area contributed by atoms with Gasteiger partial charge in [-0.1, -0.05) is 27.7 Å². The summed E-state index contributed by atoms with van der Waals surface area (Å²) < 4.78 is 10.5. The van der Waals surface area contributed by atoms with Crippen molar-refractivity contribution in [2.45, 2.75) is 76.1 Å². The maximum atomic E-state index is 11.9. The largest absolute Gasteiger partial charge is 0.462 e. The van der Waals surface area contributed by atoms with Gasteiger partial charge in [-0.15, -0.1) is 0 Å². The molecule has 0 aromatic heterocycles. The lowest BCUT2D eigenvalue weighted by atomic mass is 10.2. The number of thiol groups is 2. The molecule has 0 aromatic rings. The van der Waals surface area contributed by atoms with Gasteiger partial charge >= 0.3 is 11.9 Å². The Hall–Kier alpha value is -0.360. The monoisotopic (exact) mass is 322 g/mol. The summed E-state index contributed by atoms with van der Waals surface area (Å²) in [6.45, 7) is 7.76. The molecule has 4 nitrogen and oxygen atoms in total. The molecule has 0 aliphatic heterocycles. The Morgan fingerprint density at radius 3 is 1.20 bits per heavy atom. The first-order valence-electron chi connectivity index (χ1n) is 7.18. The summed E-state index contributed by atoms with van der Waals surface area (Å²) in [7, 11) is 0. The first-order chi connectivity index (χ1) is 9.40. The van der Waals surface area contributed by atoms with Gasteiger partial charge in [0.25, 0.3) is 0 Å². The Morgan fingerprint density at radius 1 is 0.750 bits per heavy atom. The zero-order chi connectivity index (χ0) is 15.7. The summed E-state index contributed by atoms with van der Waals surface area (Å²) in [5, 5.41) is -1.83. The van der Waals surface area contributed by atoms with Crippen LogP contribution in [0.25, 0.3) is 0 Å². The lowest BCUT2D eigenvalue weighted by Gasteiger charge is -2.22. The van der Waals surface area contributed by atoms with Gasteiger partial charge in [-0.3, -0.25) is 9.59 Å². The highest BCUT2D eigenvalue weighted by Crippen LogP contribution is 2.17. The zero-order valence-electron chi connectivity index (χ0n) is 12.7. The third kappa shape index (κ3) is 6.39. The molecule has 0 N–H and O–H groups in total. The Labute approximate surface area is 132 Å². The fourth-order valence-corrected chi connectivity index (χ4v) is 2.00. The number of hydrogen-bond acceptors (Lipinski definition) is 6. The second-order valence-electron chi connectivity index (χ2n) is 4.64. The van der Waals surface area contributed by atoms with E-state index in [1.54, 1.807) is 0 Å². The van der Waals surface area contributed by atoms with Gasteiger partial charge in [0.1, 0.15) is 22.7 Å². The van der Waals surface area contributed by atoms with Gasteiger partial charge in [0.05, 0.1) is 0 Å². The van der Waals surface area contributed by atoms with Crippen LogP contribution in [0.2, 0.25) is 0 Å². The van der Waals surface area contributed by atoms with E-state index in [9.17, 15) is 9.59 Å². The van der Waals surface area contributed by atoms with E-state index in [4.69, 9.17) is 9.47 Å². The van der Waals surface area contributed by atoms with E-state index in [0.29, 0.717) is 0 Å². The van der Waals surface area contributed by atoms with Gasteiger partial charge in [0.15, 0.2) is 0 Å². The third-order valence-electron chi connectivity index (χ3n) is 3.17. The molecule has 0 radical (unpaired) electrons. The fourth-order valence-electron chi connectivity index (χ4n) is 1.64. The van der Waals surface area contributed by atoms with Crippen LogP contribution in [0.5, 0.6) is 0 Å². The molecule has 0 saturated heterocycles. The molecule has 0 aliphatic carbocycles. The summed E-state index contributed by atoms with van der Waals surface area (Å²) in [5.41, 5.74) is 0. The SMILES string of the molecule is CCC(CC)OC(=O)C(S)C(S)C(=O)OC(CC)CC. The molecule has 0 bridgehead atoms. The van der Waals surface area contributed by atoms with Gasteiger partial charge in [-0.2, -0.15) is 25.3 Å². The van der Waals surface area contributed by atoms with Gasteiger partial charge in [-0.25, -0.2) is 0 Å². The molecule has 0 heterocycles. The van der Waals surface area contributed by atoms with Crippen molar-refractivity contribution >= 4 is 37.2 Å². The Balaban J connectivity index is 4.48. The molecule has 20 heavy (non-hydrogen) atoms. The van der Waals surface area contributed by atoms with Crippen LogP contribution in [0.4, 0.5) is 0 Å². The average molecular weight is 322 g/mol. The molecular weight excluding hydrogens is 296 g/mol. The van der Waals surface area contributed by atoms with Gasteiger partial charge in [0, 0.05) is 0 Å². The minimum absolute atomic E-state index is 0.146. The van der Waals surface area contributed by atoms with Crippen LogP contribution in [-0.2, 0) is 19.1 Å². The van der Waals surface area contributed by atoms with Crippen LogP contribution < -0.4 is 0 Å². The molecular formula is C14H26O4S2. The highest BCUT2D eigenvalue weighted by Gasteiger charge is 2.32. The first kappa shape index (κ1) is 19.6. The number of hydrogen-bond donors (Lipinski definition) is 2. The summed E-state index contributed by atoms with van der Waals surface area (Å²) in [4.78, 5) is 23.8. The van der Waals surface area contributed by atoms with E-state index in [1.165, 1.54) is 0 Å². The second-order valence-corrected chi connectivity index (χ2v) is 5.75. The van der Waals surface area contributed by atoms with Crippen molar-refractivity contribution in [1.82, 2.24) is 0 Å². The van der Waals surface area contributed by atoms with Crippen LogP contribution in [0.1, 0.15) is 53.4 Å². The van der Waals surface area contributed by atoms with Crippen LogP contribution in [0, 0.1) is 0 Å². The van der Waals surface area contributed by atoms with Crippen molar-refractivity contribution in [3.8, 4) is 0 Å². The number of esters is 2. The number of carbonyl (C=O) groups excluding carboxylic acids is 2. The Morgan fingerprint density at radius 2 is 1.00 bits per heavy atom. The molecule has 118 valence electrons. The molecule has 2 unspecified atom stereocenters. The number of carbonyl (C=O) groups is 2. The van der Waals surface area contributed by atoms with Crippen molar-refractivity contribution < 1.29 is 19.1 Å². The molecule has 0 saturated carbocycles. The van der Waals surface area contributed by atoms with E-state index in [-0.39, 0.29) is 12.2 Å². The van der Waals surface area contributed by atoms with Crippen molar-refractivity contribution in [3.63, 3.8) is 0 Å². The van der Waals surface area contributed by atoms with Crippen molar-refractivity contribution in [2.75, 3.05) is 0 Å². The zero-order valence-corrected chi connectivity index (χ0v) is 14.5. The summed E-state index contributed by atoms with van der Waals surface area (Å²) in [5.74, 6) is -1.05. The molecule has 2 atom stereocenters. The van der Waals surface area contributed by atoms with E-state index in [1.807, 2.05) is 27.7 Å². The van der Waals surface area contributed by atoms with E-state index < -0.39 is 22.4 Å². The van der Waals surface area contributed by atoms with Crippen LogP contribution in [0.15, 0.2) is 0 Å².